The van der Waals surface area contributed by atoms with Gasteiger partial charge >= 0.3 is 0 Å². The molecule has 2 aromatic rings. The van der Waals surface area contributed by atoms with Crippen LogP contribution in [0.15, 0.2) is 42.5 Å². The number of aryl methyl sites for hydroxylation is 1. The van der Waals surface area contributed by atoms with E-state index in [2.05, 4.69) is 16.0 Å². The molecule has 0 saturated heterocycles. The Hall–Kier alpha value is -3.02. The summed E-state index contributed by atoms with van der Waals surface area (Å²) >= 11 is 0. The molecule has 0 bridgehead atoms. The van der Waals surface area contributed by atoms with Gasteiger partial charge in [-0.2, -0.15) is 0 Å². The molecule has 0 aliphatic heterocycles. The summed E-state index contributed by atoms with van der Waals surface area (Å²) in [5.41, 5.74) is 3.25. The Morgan fingerprint density at radius 2 is 1.70 bits per heavy atom. The van der Waals surface area contributed by atoms with Crippen molar-refractivity contribution in [3.05, 3.63) is 48.0 Å². The third-order valence-corrected chi connectivity index (χ3v) is 4.49. The van der Waals surface area contributed by atoms with Crippen molar-refractivity contribution in [2.45, 2.75) is 32.7 Å². The highest BCUT2D eigenvalue weighted by atomic mass is 16.5. The number of methoxy groups -OCH3 is 1. The van der Waals surface area contributed by atoms with Crippen LogP contribution < -0.4 is 20.7 Å². The quantitative estimate of drug-likeness (QED) is 0.696. The predicted molar refractivity (Wildman–Crippen MR) is 107 cm³/mol. The number of hydrogen-bond donors (Lipinski definition) is 3. The molecule has 2 aromatic carbocycles. The van der Waals surface area contributed by atoms with E-state index in [9.17, 15) is 9.59 Å². The fraction of sp³-hybridized carbons (Fsp3) is 0.333. The smallest absolute Gasteiger partial charge is 0.246 e. The lowest BCUT2D eigenvalue weighted by molar-refractivity contribution is -0.117. The van der Waals surface area contributed by atoms with Gasteiger partial charge in [-0.3, -0.25) is 9.59 Å². The number of ether oxygens (including phenoxy) is 1. The molecule has 0 aromatic heterocycles. The fourth-order valence-corrected chi connectivity index (χ4v) is 2.72. The van der Waals surface area contributed by atoms with Crippen LogP contribution >= 0.6 is 0 Å². The summed E-state index contributed by atoms with van der Waals surface area (Å²) < 4.78 is 5.30. The predicted octanol–water partition coefficient (Wildman–Crippen LogP) is 3.79. The Balaban J connectivity index is 1.57. The largest absolute Gasteiger partial charge is 0.495 e. The highest BCUT2D eigenvalue weighted by Crippen LogP contribution is 2.30. The molecule has 0 heterocycles. The normalized spacial score (nSPS) is 14.2. The fourth-order valence-electron chi connectivity index (χ4n) is 2.72. The van der Waals surface area contributed by atoms with E-state index >= 15 is 0 Å². The summed E-state index contributed by atoms with van der Waals surface area (Å²) in [6.07, 6.45) is 1.95. The van der Waals surface area contributed by atoms with Gasteiger partial charge in [0.25, 0.3) is 0 Å². The minimum Gasteiger partial charge on any atom is -0.495 e. The summed E-state index contributed by atoms with van der Waals surface area (Å²) in [7, 11) is 1.57. The second-order valence-electron chi connectivity index (χ2n) is 6.90. The van der Waals surface area contributed by atoms with Gasteiger partial charge in [0.05, 0.1) is 12.8 Å². The van der Waals surface area contributed by atoms with Crippen molar-refractivity contribution >= 4 is 28.9 Å². The number of anilines is 3. The van der Waals surface area contributed by atoms with Gasteiger partial charge in [0.1, 0.15) is 11.8 Å². The van der Waals surface area contributed by atoms with Gasteiger partial charge in [0.2, 0.25) is 11.8 Å². The molecular formula is C21H25N3O3. The molecule has 2 amide bonds. The van der Waals surface area contributed by atoms with Crippen molar-refractivity contribution in [1.29, 1.82) is 0 Å². The van der Waals surface area contributed by atoms with Gasteiger partial charge in [-0.1, -0.05) is 6.07 Å². The van der Waals surface area contributed by atoms with Crippen molar-refractivity contribution in [1.82, 2.24) is 0 Å². The zero-order valence-corrected chi connectivity index (χ0v) is 15.8. The molecule has 1 saturated carbocycles. The van der Waals surface area contributed by atoms with Crippen LogP contribution in [0.2, 0.25) is 0 Å². The number of hydrogen-bond acceptors (Lipinski definition) is 4. The molecule has 142 valence electrons. The van der Waals surface area contributed by atoms with Gasteiger partial charge in [0.15, 0.2) is 0 Å². The van der Waals surface area contributed by atoms with Crippen LogP contribution in [0.4, 0.5) is 17.1 Å². The highest BCUT2D eigenvalue weighted by Gasteiger charge is 2.29. The van der Waals surface area contributed by atoms with Crippen LogP contribution in [0.25, 0.3) is 0 Å². The topological polar surface area (TPSA) is 79.5 Å². The van der Waals surface area contributed by atoms with Crippen LogP contribution in [0.3, 0.4) is 0 Å². The van der Waals surface area contributed by atoms with E-state index in [1.54, 1.807) is 14.0 Å². The lowest BCUT2D eigenvalue weighted by Gasteiger charge is -2.17. The van der Waals surface area contributed by atoms with Crippen molar-refractivity contribution in [3.8, 4) is 5.75 Å². The maximum Gasteiger partial charge on any atom is 0.246 e. The van der Waals surface area contributed by atoms with Gasteiger partial charge in [-0.15, -0.1) is 0 Å². The second-order valence-corrected chi connectivity index (χ2v) is 6.90. The van der Waals surface area contributed by atoms with Crippen LogP contribution in [0.5, 0.6) is 5.75 Å². The Morgan fingerprint density at radius 1 is 1.04 bits per heavy atom. The molecule has 3 rings (SSSR count). The molecule has 0 radical (unpaired) electrons. The third kappa shape index (κ3) is 5.00. The van der Waals surface area contributed by atoms with E-state index in [1.165, 1.54) is 0 Å². The van der Waals surface area contributed by atoms with Gasteiger partial charge < -0.3 is 20.7 Å². The van der Waals surface area contributed by atoms with Gasteiger partial charge in [-0.05, 0) is 68.7 Å². The molecule has 1 atom stereocenters. The van der Waals surface area contributed by atoms with Crippen LogP contribution in [0.1, 0.15) is 25.3 Å². The Labute approximate surface area is 159 Å². The summed E-state index contributed by atoms with van der Waals surface area (Å²) in [5.74, 6) is 0.711. The molecule has 0 spiro atoms. The van der Waals surface area contributed by atoms with Crippen molar-refractivity contribution in [2.75, 3.05) is 23.1 Å². The monoisotopic (exact) mass is 367 g/mol. The zero-order chi connectivity index (χ0) is 19.4. The van der Waals surface area contributed by atoms with Crippen molar-refractivity contribution in [2.24, 2.45) is 5.92 Å². The number of carbonyl (C=O) groups excluding carboxylic acids is 2. The molecule has 1 fully saturated rings. The molecule has 6 heteroatoms. The van der Waals surface area contributed by atoms with E-state index in [0.717, 1.165) is 29.8 Å². The summed E-state index contributed by atoms with van der Waals surface area (Å²) in [6, 6.07) is 12.5. The van der Waals surface area contributed by atoms with E-state index in [-0.39, 0.29) is 17.7 Å². The number of rotatable bonds is 7. The van der Waals surface area contributed by atoms with Crippen LogP contribution in [-0.4, -0.2) is 25.0 Å². The average Bonchev–Trinajstić information content (AvgIpc) is 3.49. The third-order valence-electron chi connectivity index (χ3n) is 4.49. The lowest BCUT2D eigenvalue weighted by Crippen LogP contribution is -2.32. The van der Waals surface area contributed by atoms with E-state index in [4.69, 9.17) is 4.74 Å². The van der Waals surface area contributed by atoms with E-state index < -0.39 is 6.04 Å². The minimum absolute atomic E-state index is 0.0792. The van der Waals surface area contributed by atoms with E-state index in [0.29, 0.717) is 11.4 Å². The molecular weight excluding hydrogens is 342 g/mol. The molecule has 27 heavy (non-hydrogen) atoms. The average molecular weight is 367 g/mol. The van der Waals surface area contributed by atoms with Crippen molar-refractivity contribution in [3.63, 3.8) is 0 Å². The Bertz CT molecular complexity index is 829. The maximum absolute atomic E-state index is 12.5. The molecule has 1 aliphatic rings. The summed E-state index contributed by atoms with van der Waals surface area (Å²) in [6.45, 7) is 3.75. The maximum atomic E-state index is 12.5. The Morgan fingerprint density at radius 3 is 2.33 bits per heavy atom. The Kier molecular flexibility index (Phi) is 5.64. The first kappa shape index (κ1) is 18.8. The van der Waals surface area contributed by atoms with Crippen molar-refractivity contribution < 1.29 is 14.3 Å². The van der Waals surface area contributed by atoms with Crippen LogP contribution in [0, 0.1) is 12.8 Å². The minimum atomic E-state index is -0.442. The number of carbonyl (C=O) groups is 2. The van der Waals surface area contributed by atoms with Crippen LogP contribution in [-0.2, 0) is 9.59 Å². The second kappa shape index (κ2) is 8.12. The number of nitrogens with one attached hydrogen (secondary N) is 3. The zero-order valence-electron chi connectivity index (χ0n) is 15.8. The summed E-state index contributed by atoms with van der Waals surface area (Å²) in [5, 5.41) is 8.96. The molecule has 0 unspecified atom stereocenters. The standard InChI is InChI=1S/C21H25N3O3/c1-13-4-11-19(27-3)18(12-13)24-20(25)14(2)22-16-7-9-17(10-8-16)23-21(26)15-5-6-15/h4,7-12,14-15,22H,5-6H2,1-3H3,(H,23,26)(H,24,25)/t14-/m1/s1. The molecule has 3 N–H and O–H groups in total. The van der Waals surface area contributed by atoms with Gasteiger partial charge in [0, 0.05) is 17.3 Å². The van der Waals surface area contributed by atoms with E-state index in [1.807, 2.05) is 49.4 Å². The first-order valence-corrected chi connectivity index (χ1v) is 9.09. The first-order chi connectivity index (χ1) is 13.0. The van der Waals surface area contributed by atoms with Gasteiger partial charge in [-0.25, -0.2) is 0 Å². The SMILES string of the molecule is COc1ccc(C)cc1NC(=O)[C@@H](C)Nc1ccc(NC(=O)C2CC2)cc1. The summed E-state index contributed by atoms with van der Waals surface area (Å²) in [4.78, 5) is 24.3. The number of amides is 2. The first-order valence-electron chi connectivity index (χ1n) is 9.09. The molecule has 1 aliphatic carbocycles. The number of benzene rings is 2. The highest BCUT2D eigenvalue weighted by molar-refractivity contribution is 5.97. The molecule has 6 nitrogen and oxygen atoms in total. The lowest BCUT2D eigenvalue weighted by atomic mass is 10.2.